The lowest BCUT2D eigenvalue weighted by Crippen LogP contribution is -2.43. The summed E-state index contributed by atoms with van der Waals surface area (Å²) in [4.78, 5) is 28.6. The van der Waals surface area contributed by atoms with Crippen molar-refractivity contribution in [3.8, 4) is 0 Å². The molecule has 0 radical (unpaired) electrons. The van der Waals surface area contributed by atoms with E-state index >= 15 is 0 Å². The lowest BCUT2D eigenvalue weighted by molar-refractivity contribution is -0.140. The normalized spacial score (nSPS) is 11.0. The van der Waals surface area contributed by atoms with E-state index in [1.54, 1.807) is 4.90 Å². The van der Waals surface area contributed by atoms with Crippen molar-refractivity contribution in [2.45, 2.75) is 53.6 Å². The van der Waals surface area contributed by atoms with Gasteiger partial charge in [-0.15, -0.1) is 0 Å². The first-order valence-electron chi connectivity index (χ1n) is 10.7. The highest BCUT2D eigenvalue weighted by molar-refractivity contribution is 9.10. The van der Waals surface area contributed by atoms with Gasteiger partial charge in [-0.1, -0.05) is 55.3 Å². The Bertz CT molecular complexity index is 814. The highest BCUT2D eigenvalue weighted by Crippen LogP contribution is 2.15. The summed E-state index contributed by atoms with van der Waals surface area (Å²) in [5.41, 5.74) is 2.31. The average Bonchev–Trinajstić information content (AvgIpc) is 3.12. The second-order valence-electron chi connectivity index (χ2n) is 8.22. The van der Waals surface area contributed by atoms with Crippen molar-refractivity contribution in [2.24, 2.45) is 5.92 Å². The van der Waals surface area contributed by atoms with Gasteiger partial charge in [0.25, 0.3) is 0 Å². The lowest BCUT2D eigenvalue weighted by atomic mass is 10.2. The minimum absolute atomic E-state index is 0.00990. The molecule has 1 aromatic heterocycles. The zero-order valence-electron chi connectivity index (χ0n) is 18.6. The first kappa shape index (κ1) is 24.2. The quantitative estimate of drug-likeness (QED) is 0.462. The van der Waals surface area contributed by atoms with Crippen molar-refractivity contribution < 1.29 is 9.59 Å². The molecule has 0 saturated heterocycles. The molecule has 2 aromatic rings. The smallest absolute Gasteiger partial charge is 0.242 e. The summed E-state index contributed by atoms with van der Waals surface area (Å²) in [5.74, 6) is 0.288. The Morgan fingerprint density at radius 2 is 1.80 bits per heavy atom. The monoisotopic (exact) mass is 475 g/mol. The summed E-state index contributed by atoms with van der Waals surface area (Å²) in [7, 11) is 0. The Labute approximate surface area is 189 Å². The van der Waals surface area contributed by atoms with Gasteiger partial charge in [-0.2, -0.15) is 0 Å². The maximum atomic E-state index is 13.1. The third-order valence-electron chi connectivity index (χ3n) is 5.03. The fraction of sp³-hybridized carbons (Fsp3) is 0.500. The van der Waals surface area contributed by atoms with E-state index in [-0.39, 0.29) is 18.4 Å². The van der Waals surface area contributed by atoms with Gasteiger partial charge >= 0.3 is 0 Å². The molecule has 30 heavy (non-hydrogen) atoms. The Kier molecular flexibility index (Phi) is 9.63. The van der Waals surface area contributed by atoms with Gasteiger partial charge in [-0.25, -0.2) is 0 Å². The summed E-state index contributed by atoms with van der Waals surface area (Å²) in [6.07, 6.45) is 4.02. The van der Waals surface area contributed by atoms with Gasteiger partial charge in [-0.05, 0) is 42.2 Å². The van der Waals surface area contributed by atoms with E-state index in [4.69, 9.17) is 0 Å². The second-order valence-corrected chi connectivity index (χ2v) is 9.13. The molecule has 0 aliphatic rings. The van der Waals surface area contributed by atoms with Gasteiger partial charge in [0.2, 0.25) is 11.8 Å². The molecular weight excluding hydrogens is 442 g/mol. The van der Waals surface area contributed by atoms with E-state index in [2.05, 4.69) is 65.7 Å². The third kappa shape index (κ3) is 7.63. The summed E-state index contributed by atoms with van der Waals surface area (Å²) in [5, 5.41) is 0. The minimum atomic E-state index is -0.0499. The van der Waals surface area contributed by atoms with Crippen molar-refractivity contribution in [1.82, 2.24) is 14.4 Å². The number of unbranched alkanes of at least 4 members (excludes halogenated alkanes) is 1. The summed E-state index contributed by atoms with van der Waals surface area (Å²) in [6, 6.07) is 12.4. The number of halogens is 1. The van der Waals surface area contributed by atoms with Crippen LogP contribution in [0.1, 0.15) is 51.8 Å². The van der Waals surface area contributed by atoms with Crippen LogP contribution in [0.2, 0.25) is 0 Å². The summed E-state index contributed by atoms with van der Waals surface area (Å²) >= 11 is 3.48. The number of aromatic nitrogens is 1. The first-order valence-corrected chi connectivity index (χ1v) is 11.5. The van der Waals surface area contributed by atoms with Gasteiger partial charge in [0.1, 0.15) is 0 Å². The molecular formula is C24H34BrN3O2. The molecule has 1 heterocycles. The molecule has 0 fully saturated rings. The molecule has 0 spiro atoms. The van der Waals surface area contributed by atoms with Gasteiger partial charge in [0, 0.05) is 42.9 Å². The van der Waals surface area contributed by atoms with Gasteiger partial charge in [-0.3, -0.25) is 9.59 Å². The van der Waals surface area contributed by atoms with E-state index in [1.165, 1.54) is 12.5 Å². The first-order chi connectivity index (χ1) is 14.3. The van der Waals surface area contributed by atoms with Crippen LogP contribution < -0.4 is 0 Å². The molecule has 2 rings (SSSR count). The van der Waals surface area contributed by atoms with Gasteiger partial charge in [0.15, 0.2) is 0 Å². The highest BCUT2D eigenvalue weighted by atomic mass is 79.9. The van der Waals surface area contributed by atoms with Gasteiger partial charge < -0.3 is 14.4 Å². The maximum Gasteiger partial charge on any atom is 0.242 e. The average molecular weight is 476 g/mol. The maximum absolute atomic E-state index is 13.1. The van der Waals surface area contributed by atoms with E-state index in [9.17, 15) is 9.59 Å². The Hall–Kier alpha value is -2.08. The number of hydrogen-bond acceptors (Lipinski definition) is 2. The van der Waals surface area contributed by atoms with Crippen LogP contribution in [0.15, 0.2) is 47.1 Å². The Balaban J connectivity index is 2.12. The molecule has 164 valence electrons. The number of amides is 2. The fourth-order valence-electron chi connectivity index (χ4n) is 3.38. The second kappa shape index (κ2) is 11.9. The van der Waals surface area contributed by atoms with Crippen LogP contribution >= 0.6 is 15.9 Å². The third-order valence-corrected chi connectivity index (χ3v) is 5.56. The van der Waals surface area contributed by atoms with Crippen molar-refractivity contribution in [2.75, 3.05) is 19.6 Å². The van der Waals surface area contributed by atoms with Crippen LogP contribution in [0.3, 0.4) is 0 Å². The SMILES string of the molecule is CCCCN(Cc1cccn1Cc1ccc(Br)cc1)C(=O)CN(CC(C)C)C(C)=O. The molecule has 0 atom stereocenters. The fourth-order valence-corrected chi connectivity index (χ4v) is 3.64. The molecule has 0 saturated carbocycles. The van der Waals surface area contributed by atoms with Crippen LogP contribution in [-0.2, 0) is 22.7 Å². The highest BCUT2D eigenvalue weighted by Gasteiger charge is 2.21. The number of hydrogen-bond donors (Lipinski definition) is 0. The number of benzene rings is 1. The van der Waals surface area contributed by atoms with E-state index in [0.29, 0.717) is 25.6 Å². The largest absolute Gasteiger partial charge is 0.345 e. The molecule has 5 nitrogen and oxygen atoms in total. The van der Waals surface area contributed by atoms with Crippen molar-refractivity contribution in [1.29, 1.82) is 0 Å². The zero-order chi connectivity index (χ0) is 22.1. The molecule has 0 N–H and O–H groups in total. The Morgan fingerprint density at radius 1 is 1.10 bits per heavy atom. The molecule has 6 heteroatoms. The number of carbonyl (C=O) groups is 2. The molecule has 0 aliphatic carbocycles. The topological polar surface area (TPSA) is 45.6 Å². The number of rotatable bonds is 11. The van der Waals surface area contributed by atoms with Crippen LogP contribution in [0.5, 0.6) is 0 Å². The van der Waals surface area contributed by atoms with E-state index in [1.807, 2.05) is 23.1 Å². The zero-order valence-corrected chi connectivity index (χ0v) is 20.2. The molecule has 0 bridgehead atoms. The van der Waals surface area contributed by atoms with Crippen LogP contribution in [0.25, 0.3) is 0 Å². The molecule has 0 unspecified atom stereocenters. The van der Waals surface area contributed by atoms with E-state index in [0.717, 1.165) is 29.6 Å². The molecule has 1 aromatic carbocycles. The minimum Gasteiger partial charge on any atom is -0.345 e. The van der Waals surface area contributed by atoms with Gasteiger partial charge in [0.05, 0.1) is 13.1 Å². The molecule has 2 amide bonds. The van der Waals surface area contributed by atoms with Crippen LogP contribution in [0, 0.1) is 5.92 Å². The van der Waals surface area contributed by atoms with Crippen LogP contribution in [-0.4, -0.2) is 45.8 Å². The standard InChI is InChI=1S/C24H34BrN3O2/c1-5-6-13-27(24(30)18-28(20(4)29)15-19(2)3)17-23-8-7-14-26(23)16-21-9-11-22(25)12-10-21/h7-12,14,19H,5-6,13,15-18H2,1-4H3. The summed E-state index contributed by atoms with van der Waals surface area (Å²) in [6.45, 7) is 10.5. The van der Waals surface area contributed by atoms with Crippen molar-refractivity contribution in [3.05, 3.63) is 58.3 Å². The van der Waals surface area contributed by atoms with Crippen molar-refractivity contribution >= 4 is 27.7 Å². The predicted molar refractivity (Wildman–Crippen MR) is 125 cm³/mol. The predicted octanol–water partition coefficient (Wildman–Crippen LogP) is 4.93. The lowest BCUT2D eigenvalue weighted by Gasteiger charge is -2.28. The van der Waals surface area contributed by atoms with Crippen molar-refractivity contribution in [3.63, 3.8) is 0 Å². The number of nitrogens with zero attached hydrogens (tertiary/aromatic N) is 3. The number of carbonyl (C=O) groups excluding carboxylic acids is 2. The van der Waals surface area contributed by atoms with E-state index < -0.39 is 0 Å². The van der Waals surface area contributed by atoms with Crippen LogP contribution in [0.4, 0.5) is 0 Å². The Morgan fingerprint density at radius 3 is 2.40 bits per heavy atom. The summed E-state index contributed by atoms with van der Waals surface area (Å²) < 4.78 is 3.25. The molecule has 0 aliphatic heterocycles.